The lowest BCUT2D eigenvalue weighted by atomic mass is 10.1. The highest BCUT2D eigenvalue weighted by Crippen LogP contribution is 2.24. The zero-order chi connectivity index (χ0) is 21.7. The van der Waals surface area contributed by atoms with Crippen molar-refractivity contribution in [1.29, 1.82) is 0 Å². The van der Waals surface area contributed by atoms with Crippen LogP contribution in [-0.2, 0) is 12.2 Å². The van der Waals surface area contributed by atoms with Crippen LogP contribution >= 0.6 is 11.8 Å². The minimum absolute atomic E-state index is 0.220. The highest BCUT2D eigenvalue weighted by molar-refractivity contribution is 7.98. The molecular weight excluding hydrogens is 396 g/mol. The van der Waals surface area contributed by atoms with Crippen LogP contribution in [0.2, 0.25) is 0 Å². The third-order valence-corrected chi connectivity index (χ3v) is 5.64. The number of thioether (sulfide) groups is 1. The first-order valence-electron chi connectivity index (χ1n) is 10.0. The molecule has 1 aromatic heterocycles. The van der Waals surface area contributed by atoms with Crippen LogP contribution in [0.3, 0.4) is 0 Å². The standard InChI is InChI=1S/C24H28N2O3S/c1-15(2)13-29-20-9-6-18(7-10-20)12-21-22(27)25-24(26-23(21)28)30-14-19-8-5-16(3)11-17(19)4/h5-11,15H,12-14H2,1-4H3,(H2,25,26,27,28). The second-order valence-corrected chi connectivity index (χ2v) is 8.88. The lowest BCUT2D eigenvalue weighted by molar-refractivity contribution is 0.271. The van der Waals surface area contributed by atoms with Crippen molar-refractivity contribution >= 4 is 11.8 Å². The topological polar surface area (TPSA) is 75.2 Å². The quantitative estimate of drug-likeness (QED) is 0.393. The van der Waals surface area contributed by atoms with Crippen molar-refractivity contribution in [2.75, 3.05) is 6.61 Å². The monoisotopic (exact) mass is 424 g/mol. The number of ether oxygens (including phenoxy) is 1. The van der Waals surface area contributed by atoms with Gasteiger partial charge in [-0.1, -0.05) is 61.5 Å². The Balaban J connectivity index is 1.68. The number of aromatic amines is 1. The van der Waals surface area contributed by atoms with E-state index in [2.05, 4.69) is 55.9 Å². The fourth-order valence-electron chi connectivity index (χ4n) is 3.02. The molecule has 0 atom stereocenters. The van der Waals surface area contributed by atoms with Gasteiger partial charge in [0, 0.05) is 12.2 Å². The summed E-state index contributed by atoms with van der Waals surface area (Å²) < 4.78 is 5.68. The van der Waals surface area contributed by atoms with Crippen LogP contribution in [0.25, 0.3) is 0 Å². The maximum Gasteiger partial charge on any atom is 0.258 e. The third-order valence-electron chi connectivity index (χ3n) is 4.72. The van der Waals surface area contributed by atoms with E-state index in [0.717, 1.165) is 11.3 Å². The van der Waals surface area contributed by atoms with Crippen molar-refractivity contribution in [2.45, 2.75) is 45.0 Å². The summed E-state index contributed by atoms with van der Waals surface area (Å²) in [6.45, 7) is 8.98. The molecule has 3 aromatic rings. The molecule has 0 saturated carbocycles. The Morgan fingerprint density at radius 1 is 1.13 bits per heavy atom. The molecule has 0 amide bonds. The number of aromatic hydroxyl groups is 1. The smallest absolute Gasteiger partial charge is 0.258 e. The van der Waals surface area contributed by atoms with Gasteiger partial charge in [0.15, 0.2) is 5.16 Å². The molecule has 2 aromatic carbocycles. The summed E-state index contributed by atoms with van der Waals surface area (Å²) in [5, 5.41) is 10.8. The molecule has 158 valence electrons. The molecule has 5 nitrogen and oxygen atoms in total. The summed E-state index contributed by atoms with van der Waals surface area (Å²) in [5.41, 5.74) is 4.45. The Morgan fingerprint density at radius 3 is 2.50 bits per heavy atom. The van der Waals surface area contributed by atoms with Crippen LogP contribution in [0.5, 0.6) is 11.6 Å². The van der Waals surface area contributed by atoms with Crippen LogP contribution in [0.1, 0.15) is 41.7 Å². The molecule has 0 fully saturated rings. The molecule has 1 heterocycles. The molecule has 6 heteroatoms. The summed E-state index contributed by atoms with van der Waals surface area (Å²) in [6.07, 6.45) is 0.306. The van der Waals surface area contributed by atoms with Gasteiger partial charge in [-0.2, -0.15) is 4.98 Å². The number of hydrogen-bond acceptors (Lipinski definition) is 5. The van der Waals surface area contributed by atoms with Gasteiger partial charge in [-0.25, -0.2) is 0 Å². The van der Waals surface area contributed by atoms with E-state index in [-0.39, 0.29) is 17.0 Å². The SMILES string of the molecule is Cc1ccc(CSc2nc(O)c(Cc3ccc(OCC(C)C)cc3)c(=O)[nH]2)c(C)c1. The first-order valence-corrected chi connectivity index (χ1v) is 11.0. The van der Waals surface area contributed by atoms with E-state index in [0.29, 0.717) is 29.9 Å². The molecule has 0 unspecified atom stereocenters. The molecule has 0 radical (unpaired) electrons. The van der Waals surface area contributed by atoms with Gasteiger partial charge in [0.2, 0.25) is 5.88 Å². The molecule has 0 aliphatic carbocycles. The van der Waals surface area contributed by atoms with Crippen LogP contribution in [-0.4, -0.2) is 21.7 Å². The average molecular weight is 425 g/mol. The number of hydrogen-bond donors (Lipinski definition) is 2. The van der Waals surface area contributed by atoms with Gasteiger partial charge in [-0.15, -0.1) is 0 Å². The number of nitrogens with zero attached hydrogens (tertiary/aromatic N) is 1. The first kappa shape index (κ1) is 22.0. The van der Waals surface area contributed by atoms with Gasteiger partial charge in [-0.05, 0) is 48.6 Å². The number of rotatable bonds is 8. The van der Waals surface area contributed by atoms with E-state index >= 15 is 0 Å². The number of benzene rings is 2. The van der Waals surface area contributed by atoms with E-state index in [1.807, 2.05) is 24.3 Å². The highest BCUT2D eigenvalue weighted by Gasteiger charge is 2.13. The van der Waals surface area contributed by atoms with Crippen LogP contribution in [0.15, 0.2) is 52.4 Å². The molecule has 3 rings (SSSR count). The number of aromatic nitrogens is 2. The summed E-state index contributed by atoms with van der Waals surface area (Å²) in [7, 11) is 0. The van der Waals surface area contributed by atoms with Crippen molar-refractivity contribution in [2.24, 2.45) is 5.92 Å². The maximum absolute atomic E-state index is 12.5. The zero-order valence-corrected chi connectivity index (χ0v) is 18.7. The van der Waals surface area contributed by atoms with E-state index < -0.39 is 0 Å². The fraction of sp³-hybridized carbons (Fsp3) is 0.333. The predicted molar refractivity (Wildman–Crippen MR) is 122 cm³/mol. The molecule has 2 N–H and O–H groups in total. The number of aryl methyl sites for hydroxylation is 2. The van der Waals surface area contributed by atoms with Gasteiger partial charge in [0.25, 0.3) is 5.56 Å². The van der Waals surface area contributed by atoms with Crippen molar-refractivity contribution in [1.82, 2.24) is 9.97 Å². The Kier molecular flexibility index (Phi) is 7.21. The molecule has 0 saturated heterocycles. The van der Waals surface area contributed by atoms with Gasteiger partial charge >= 0.3 is 0 Å². The van der Waals surface area contributed by atoms with Crippen molar-refractivity contribution in [3.8, 4) is 11.6 Å². The molecule has 30 heavy (non-hydrogen) atoms. The van der Waals surface area contributed by atoms with Crippen LogP contribution < -0.4 is 10.3 Å². The second kappa shape index (κ2) is 9.85. The molecule has 0 spiro atoms. The third kappa shape index (κ3) is 5.89. The largest absolute Gasteiger partial charge is 0.493 e. The van der Waals surface area contributed by atoms with Crippen LogP contribution in [0.4, 0.5) is 0 Å². The molecule has 0 aliphatic heterocycles. The van der Waals surface area contributed by atoms with Gasteiger partial charge in [0.05, 0.1) is 12.2 Å². The Hall–Kier alpha value is -2.73. The van der Waals surface area contributed by atoms with Crippen LogP contribution in [0, 0.1) is 19.8 Å². The number of nitrogens with one attached hydrogen (secondary N) is 1. The lowest BCUT2D eigenvalue weighted by Crippen LogP contribution is -2.15. The summed E-state index contributed by atoms with van der Waals surface area (Å²) >= 11 is 1.40. The van der Waals surface area contributed by atoms with E-state index in [9.17, 15) is 9.90 Å². The maximum atomic E-state index is 12.5. The summed E-state index contributed by atoms with van der Waals surface area (Å²) in [4.78, 5) is 19.5. The van der Waals surface area contributed by atoms with Gasteiger partial charge in [0.1, 0.15) is 5.75 Å². The van der Waals surface area contributed by atoms with E-state index in [1.54, 1.807) is 0 Å². The normalized spacial score (nSPS) is 11.1. The zero-order valence-electron chi connectivity index (χ0n) is 17.9. The first-order chi connectivity index (χ1) is 14.3. The summed E-state index contributed by atoms with van der Waals surface area (Å²) in [6, 6.07) is 13.8. The minimum Gasteiger partial charge on any atom is -0.493 e. The van der Waals surface area contributed by atoms with E-state index in [4.69, 9.17) is 4.74 Å². The highest BCUT2D eigenvalue weighted by atomic mass is 32.2. The fourth-order valence-corrected chi connectivity index (χ4v) is 3.95. The molecule has 0 aliphatic rings. The molecular formula is C24H28N2O3S. The van der Waals surface area contributed by atoms with Crippen molar-refractivity contribution < 1.29 is 9.84 Å². The van der Waals surface area contributed by atoms with E-state index in [1.165, 1.54) is 28.5 Å². The average Bonchev–Trinajstić information content (AvgIpc) is 2.69. The van der Waals surface area contributed by atoms with Crippen molar-refractivity contribution in [3.05, 3.63) is 80.6 Å². The molecule has 0 bridgehead atoms. The predicted octanol–water partition coefficient (Wildman–Crippen LogP) is 5.01. The Labute approximate surface area is 181 Å². The minimum atomic E-state index is -0.314. The summed E-state index contributed by atoms with van der Waals surface area (Å²) in [5.74, 6) is 1.70. The second-order valence-electron chi connectivity index (χ2n) is 7.92. The lowest BCUT2D eigenvalue weighted by Gasteiger charge is -2.10. The van der Waals surface area contributed by atoms with Crippen molar-refractivity contribution in [3.63, 3.8) is 0 Å². The Bertz CT molecular complexity index is 1060. The van der Waals surface area contributed by atoms with Gasteiger partial charge < -0.3 is 14.8 Å². The van der Waals surface area contributed by atoms with Gasteiger partial charge in [-0.3, -0.25) is 4.79 Å². The number of H-pyrrole nitrogens is 1. The Morgan fingerprint density at radius 2 is 1.87 bits per heavy atom.